The Balaban J connectivity index is 0.00000320. The second kappa shape index (κ2) is 13.3. The molecule has 0 unspecified atom stereocenters. The van der Waals surface area contributed by atoms with Crippen LogP contribution in [-0.2, 0) is 19.5 Å². The zero-order chi connectivity index (χ0) is 20.5. The molecule has 2 N–H and O–H groups in total. The Hall–Kier alpha value is -1.19. The molecule has 0 radical (unpaired) electrons. The number of hydrogen-bond donors (Lipinski definition) is 2. The summed E-state index contributed by atoms with van der Waals surface area (Å²) in [4.78, 5) is 11.4. The number of halogens is 1. The zero-order valence-corrected chi connectivity index (χ0v) is 21.6. The number of benzene rings is 1. The molecule has 7 heteroatoms. The summed E-state index contributed by atoms with van der Waals surface area (Å²) in [5.74, 6) is 0.840. The lowest BCUT2D eigenvalue weighted by Gasteiger charge is -2.31. The van der Waals surface area contributed by atoms with Crippen LogP contribution in [0.4, 0.5) is 0 Å². The third kappa shape index (κ3) is 7.81. The third-order valence-corrected chi connectivity index (χ3v) is 6.57. The van der Waals surface area contributed by atoms with E-state index in [9.17, 15) is 0 Å². The summed E-state index contributed by atoms with van der Waals surface area (Å²) >= 11 is 1.70. The number of guanidine groups is 1. The molecule has 1 heterocycles. The molecule has 0 spiro atoms. The van der Waals surface area contributed by atoms with Crippen molar-refractivity contribution in [1.82, 2.24) is 20.5 Å². The maximum Gasteiger partial charge on any atom is 0.191 e. The molecule has 0 bridgehead atoms. The van der Waals surface area contributed by atoms with Crippen LogP contribution in [0.25, 0.3) is 0 Å². The van der Waals surface area contributed by atoms with E-state index >= 15 is 0 Å². The molecule has 0 amide bonds. The van der Waals surface area contributed by atoms with E-state index in [4.69, 9.17) is 0 Å². The number of hydrogen-bond acceptors (Lipinski definition) is 4. The Morgan fingerprint density at radius 2 is 1.90 bits per heavy atom. The van der Waals surface area contributed by atoms with E-state index in [1.807, 2.05) is 14.0 Å². The van der Waals surface area contributed by atoms with E-state index in [0.717, 1.165) is 48.8 Å². The van der Waals surface area contributed by atoms with Gasteiger partial charge in [0, 0.05) is 44.5 Å². The lowest BCUT2D eigenvalue weighted by molar-refractivity contribution is 0.184. The summed E-state index contributed by atoms with van der Waals surface area (Å²) in [5, 5.41) is 10.1. The summed E-state index contributed by atoms with van der Waals surface area (Å²) < 4.78 is 0. The molecule has 30 heavy (non-hydrogen) atoms. The van der Waals surface area contributed by atoms with E-state index in [1.54, 1.807) is 11.3 Å². The van der Waals surface area contributed by atoms with Gasteiger partial charge in [-0.05, 0) is 37.9 Å². The smallest absolute Gasteiger partial charge is 0.191 e. The minimum atomic E-state index is 0. The minimum absolute atomic E-state index is 0. The second-order valence-electron chi connectivity index (χ2n) is 7.94. The van der Waals surface area contributed by atoms with Crippen LogP contribution >= 0.6 is 35.3 Å². The number of aromatic nitrogens is 1. The molecule has 1 aromatic carbocycles. The fraction of sp³-hybridized carbons (Fsp3) is 0.565. The van der Waals surface area contributed by atoms with Gasteiger partial charge < -0.3 is 10.6 Å². The molecule has 3 rings (SSSR count). The first-order valence-electron chi connectivity index (χ1n) is 10.8. The number of aliphatic imine (C=N–C) groups is 1. The van der Waals surface area contributed by atoms with Crippen molar-refractivity contribution in [3.8, 4) is 0 Å². The average Bonchev–Trinajstić information content (AvgIpc) is 3.17. The van der Waals surface area contributed by atoms with Crippen molar-refractivity contribution in [2.24, 2.45) is 4.99 Å². The third-order valence-electron chi connectivity index (χ3n) is 5.75. The molecule has 1 saturated carbocycles. The Bertz CT molecular complexity index is 785. The molecule has 0 saturated heterocycles. The van der Waals surface area contributed by atoms with Crippen LogP contribution in [0.2, 0.25) is 0 Å². The average molecular weight is 542 g/mol. The molecule has 1 aliphatic rings. The van der Waals surface area contributed by atoms with Gasteiger partial charge in [-0.15, -0.1) is 35.3 Å². The highest BCUT2D eigenvalue weighted by atomic mass is 127. The quantitative estimate of drug-likeness (QED) is 0.288. The summed E-state index contributed by atoms with van der Waals surface area (Å²) in [7, 11) is 4.10. The molecule has 0 aliphatic heterocycles. The lowest BCUT2D eigenvalue weighted by Crippen LogP contribution is -2.38. The summed E-state index contributed by atoms with van der Waals surface area (Å²) in [6.45, 7) is 4.67. The highest BCUT2D eigenvalue weighted by molar-refractivity contribution is 14.0. The van der Waals surface area contributed by atoms with Gasteiger partial charge in [0.15, 0.2) is 5.96 Å². The van der Waals surface area contributed by atoms with Gasteiger partial charge in [-0.1, -0.05) is 43.5 Å². The predicted octanol–water partition coefficient (Wildman–Crippen LogP) is 4.74. The van der Waals surface area contributed by atoms with Crippen molar-refractivity contribution in [1.29, 1.82) is 0 Å². The van der Waals surface area contributed by atoms with Gasteiger partial charge in [0.1, 0.15) is 0 Å². The number of thiazole rings is 1. The molecule has 1 aliphatic carbocycles. The zero-order valence-electron chi connectivity index (χ0n) is 18.5. The van der Waals surface area contributed by atoms with E-state index in [0.29, 0.717) is 0 Å². The van der Waals surface area contributed by atoms with Crippen molar-refractivity contribution in [2.75, 3.05) is 20.6 Å². The normalized spacial score (nSPS) is 15.1. The molecule has 0 atom stereocenters. The van der Waals surface area contributed by atoms with Crippen molar-refractivity contribution >= 4 is 41.3 Å². The first kappa shape index (κ1) is 25.1. The molecule has 1 fully saturated rings. The Labute approximate surface area is 202 Å². The van der Waals surface area contributed by atoms with Gasteiger partial charge in [-0.2, -0.15) is 0 Å². The van der Waals surface area contributed by atoms with Gasteiger partial charge in [0.05, 0.1) is 10.7 Å². The molecular weight excluding hydrogens is 505 g/mol. The van der Waals surface area contributed by atoms with Crippen LogP contribution in [0, 0.1) is 6.92 Å². The first-order valence-corrected chi connectivity index (χ1v) is 11.7. The second-order valence-corrected chi connectivity index (χ2v) is 9.00. The summed E-state index contributed by atoms with van der Waals surface area (Å²) in [6.07, 6.45) is 7.74. The lowest BCUT2D eigenvalue weighted by atomic mass is 9.94. The summed E-state index contributed by atoms with van der Waals surface area (Å²) in [5.41, 5.74) is 3.89. The topological polar surface area (TPSA) is 52.6 Å². The van der Waals surface area contributed by atoms with Gasteiger partial charge in [0.25, 0.3) is 0 Å². The molecule has 166 valence electrons. The van der Waals surface area contributed by atoms with Gasteiger partial charge in [0.2, 0.25) is 0 Å². The fourth-order valence-corrected chi connectivity index (χ4v) is 4.68. The van der Waals surface area contributed by atoms with Crippen molar-refractivity contribution < 1.29 is 0 Å². The number of rotatable bonds is 8. The maximum atomic E-state index is 4.52. The fourth-order valence-electron chi connectivity index (χ4n) is 4.04. The summed E-state index contributed by atoms with van der Waals surface area (Å²) in [6, 6.07) is 9.49. The highest BCUT2D eigenvalue weighted by Gasteiger charge is 2.18. The van der Waals surface area contributed by atoms with E-state index < -0.39 is 0 Å². The molecule has 1 aromatic heterocycles. The predicted molar refractivity (Wildman–Crippen MR) is 139 cm³/mol. The Morgan fingerprint density at radius 1 is 1.17 bits per heavy atom. The van der Waals surface area contributed by atoms with Crippen LogP contribution in [0.1, 0.15) is 53.9 Å². The van der Waals surface area contributed by atoms with Crippen LogP contribution in [0.3, 0.4) is 0 Å². The van der Waals surface area contributed by atoms with E-state index in [1.165, 1.54) is 43.2 Å². The first-order chi connectivity index (χ1) is 14.2. The highest BCUT2D eigenvalue weighted by Crippen LogP contribution is 2.23. The Kier molecular flexibility index (Phi) is 11.1. The number of aryl methyl sites for hydroxylation is 1. The van der Waals surface area contributed by atoms with Gasteiger partial charge in [-0.25, -0.2) is 4.98 Å². The van der Waals surface area contributed by atoms with Crippen molar-refractivity contribution in [3.63, 3.8) is 0 Å². The number of nitrogens with one attached hydrogen (secondary N) is 2. The van der Waals surface area contributed by atoms with Crippen LogP contribution in [0.5, 0.6) is 0 Å². The maximum absolute atomic E-state index is 4.52. The van der Waals surface area contributed by atoms with Crippen LogP contribution in [0.15, 0.2) is 34.6 Å². The number of nitrogens with zero attached hydrogens (tertiary/aromatic N) is 3. The van der Waals surface area contributed by atoms with Gasteiger partial charge >= 0.3 is 0 Å². The monoisotopic (exact) mass is 541 g/mol. The standard InChI is InChI=1S/C23H35N5S.HI/c1-18-27-21(17-29-18)13-14-25-23(24-2)26-15-19-9-7-8-10-20(19)16-28(3)22-11-5-4-6-12-22;/h7-10,17,22H,4-6,11-16H2,1-3H3,(H2,24,25,26);1H. The van der Waals surface area contributed by atoms with Gasteiger partial charge in [-0.3, -0.25) is 9.89 Å². The largest absolute Gasteiger partial charge is 0.356 e. The molecule has 2 aromatic rings. The molecule has 5 nitrogen and oxygen atoms in total. The minimum Gasteiger partial charge on any atom is -0.356 e. The Morgan fingerprint density at radius 3 is 2.57 bits per heavy atom. The van der Waals surface area contributed by atoms with Crippen LogP contribution < -0.4 is 10.6 Å². The van der Waals surface area contributed by atoms with Crippen molar-refractivity contribution in [3.05, 3.63) is 51.5 Å². The molecular formula is C23H36IN5S. The van der Waals surface area contributed by atoms with E-state index in [-0.39, 0.29) is 24.0 Å². The van der Waals surface area contributed by atoms with Crippen LogP contribution in [-0.4, -0.2) is 42.5 Å². The van der Waals surface area contributed by atoms with Crippen molar-refractivity contribution in [2.45, 2.75) is 64.6 Å². The van der Waals surface area contributed by atoms with E-state index in [2.05, 4.69) is 62.2 Å². The SMILES string of the molecule is CN=C(NCCc1csc(C)n1)NCc1ccccc1CN(C)C1CCCCC1.I.